The first-order chi connectivity index (χ1) is 9.15. The highest BCUT2D eigenvalue weighted by atomic mass is 16.4. The molecule has 0 heterocycles. The van der Waals surface area contributed by atoms with Crippen LogP contribution in [0.2, 0.25) is 0 Å². The van der Waals surface area contributed by atoms with E-state index in [1.54, 1.807) is 0 Å². The lowest BCUT2D eigenvalue weighted by Gasteiger charge is -2.10. The number of amides is 1. The Morgan fingerprint density at radius 1 is 1.11 bits per heavy atom. The molecule has 0 unspecified atom stereocenters. The molecule has 0 aromatic heterocycles. The molecule has 1 aliphatic carbocycles. The molecule has 1 aliphatic rings. The van der Waals surface area contributed by atoms with E-state index in [0.717, 1.165) is 5.69 Å². The monoisotopic (exact) mass is 261 g/mol. The van der Waals surface area contributed by atoms with Gasteiger partial charge in [-0.15, -0.1) is 0 Å². The van der Waals surface area contributed by atoms with Gasteiger partial charge in [0.2, 0.25) is 5.91 Å². The molecule has 2 rings (SSSR count). The van der Waals surface area contributed by atoms with E-state index in [4.69, 9.17) is 5.11 Å². The summed E-state index contributed by atoms with van der Waals surface area (Å²) in [5.74, 6) is -0.542. The fourth-order valence-corrected chi connectivity index (χ4v) is 2.54. The molecule has 0 aliphatic heterocycles. The minimum absolute atomic E-state index is 0.0136. The van der Waals surface area contributed by atoms with Crippen molar-refractivity contribution >= 4 is 17.6 Å². The molecule has 1 fully saturated rings. The number of carbonyl (C=O) groups excluding carboxylic acids is 1. The van der Waals surface area contributed by atoms with E-state index in [9.17, 15) is 9.59 Å². The third-order valence-electron chi connectivity index (χ3n) is 3.59. The van der Waals surface area contributed by atoms with Crippen LogP contribution in [-0.2, 0) is 9.59 Å². The van der Waals surface area contributed by atoms with Gasteiger partial charge < -0.3 is 10.4 Å². The van der Waals surface area contributed by atoms with E-state index in [0.29, 0.717) is 5.92 Å². The lowest BCUT2D eigenvalue weighted by atomic mass is 9.97. The zero-order chi connectivity index (χ0) is 13.7. The van der Waals surface area contributed by atoms with Crippen LogP contribution in [0.4, 0.5) is 5.69 Å². The fraction of sp³-hybridized carbons (Fsp3) is 0.467. The van der Waals surface area contributed by atoms with Crippen LogP contribution in [-0.4, -0.2) is 17.0 Å². The van der Waals surface area contributed by atoms with Crippen molar-refractivity contribution in [2.24, 2.45) is 0 Å². The van der Waals surface area contributed by atoms with Crippen LogP contribution in [0.25, 0.3) is 0 Å². The molecule has 0 saturated heterocycles. The van der Waals surface area contributed by atoms with Gasteiger partial charge in [-0.25, -0.2) is 0 Å². The molecule has 0 spiro atoms. The van der Waals surface area contributed by atoms with Gasteiger partial charge in [0.05, 0.1) is 6.42 Å². The molecule has 0 bridgehead atoms. The third kappa shape index (κ3) is 4.09. The van der Waals surface area contributed by atoms with Gasteiger partial charge in [0.1, 0.15) is 0 Å². The van der Waals surface area contributed by atoms with Crippen LogP contribution in [0.3, 0.4) is 0 Å². The van der Waals surface area contributed by atoms with Crippen LogP contribution >= 0.6 is 0 Å². The van der Waals surface area contributed by atoms with Gasteiger partial charge in [0.15, 0.2) is 0 Å². The SMILES string of the molecule is O=C(O)CCC(=O)Nc1ccc(C2CCCC2)cc1. The molecule has 4 heteroatoms. The van der Waals surface area contributed by atoms with E-state index in [2.05, 4.69) is 17.4 Å². The van der Waals surface area contributed by atoms with E-state index in [1.165, 1.54) is 31.2 Å². The highest BCUT2D eigenvalue weighted by Crippen LogP contribution is 2.34. The topological polar surface area (TPSA) is 66.4 Å². The molecule has 1 aromatic carbocycles. The Labute approximate surface area is 112 Å². The molecule has 4 nitrogen and oxygen atoms in total. The Bertz CT molecular complexity index is 447. The number of hydrogen-bond donors (Lipinski definition) is 2. The first-order valence-electron chi connectivity index (χ1n) is 6.77. The Hall–Kier alpha value is -1.84. The molecule has 1 saturated carbocycles. The summed E-state index contributed by atoms with van der Waals surface area (Å²) in [6.07, 6.45) is 5.00. The number of carbonyl (C=O) groups is 2. The molecule has 102 valence electrons. The summed E-state index contributed by atoms with van der Waals surface area (Å²) in [6, 6.07) is 7.91. The van der Waals surface area contributed by atoms with Crippen LogP contribution in [0, 0.1) is 0 Å². The maximum absolute atomic E-state index is 11.5. The van der Waals surface area contributed by atoms with Crippen molar-refractivity contribution < 1.29 is 14.7 Å². The summed E-state index contributed by atoms with van der Waals surface area (Å²) in [4.78, 5) is 21.9. The van der Waals surface area contributed by atoms with Gasteiger partial charge in [-0.05, 0) is 36.5 Å². The first kappa shape index (κ1) is 13.6. The minimum atomic E-state index is -0.952. The Balaban J connectivity index is 1.87. The number of carboxylic acid groups (broad SMARTS) is 1. The predicted octanol–water partition coefficient (Wildman–Crippen LogP) is 3.15. The Morgan fingerprint density at radius 3 is 2.32 bits per heavy atom. The van der Waals surface area contributed by atoms with Gasteiger partial charge in [-0.2, -0.15) is 0 Å². The lowest BCUT2D eigenvalue weighted by molar-refractivity contribution is -0.138. The van der Waals surface area contributed by atoms with Crippen LogP contribution in [0.1, 0.15) is 50.0 Å². The van der Waals surface area contributed by atoms with Crippen LogP contribution < -0.4 is 5.32 Å². The second-order valence-corrected chi connectivity index (χ2v) is 5.05. The molecule has 0 radical (unpaired) electrons. The van der Waals surface area contributed by atoms with E-state index < -0.39 is 5.97 Å². The van der Waals surface area contributed by atoms with Gasteiger partial charge in [0.25, 0.3) is 0 Å². The fourth-order valence-electron chi connectivity index (χ4n) is 2.54. The summed E-state index contributed by atoms with van der Waals surface area (Å²) in [5.41, 5.74) is 2.07. The van der Waals surface area contributed by atoms with Gasteiger partial charge >= 0.3 is 5.97 Å². The first-order valence-corrected chi connectivity index (χ1v) is 6.77. The molecule has 19 heavy (non-hydrogen) atoms. The number of aliphatic carboxylic acids is 1. The number of benzene rings is 1. The summed E-state index contributed by atoms with van der Waals surface area (Å²) in [5, 5.41) is 11.2. The largest absolute Gasteiger partial charge is 0.481 e. The molecule has 0 atom stereocenters. The van der Waals surface area contributed by atoms with Crippen molar-refractivity contribution in [3.05, 3.63) is 29.8 Å². The average molecular weight is 261 g/mol. The zero-order valence-corrected chi connectivity index (χ0v) is 10.9. The van der Waals surface area contributed by atoms with Crippen molar-refractivity contribution in [2.45, 2.75) is 44.4 Å². The van der Waals surface area contributed by atoms with Crippen molar-refractivity contribution in [3.8, 4) is 0 Å². The van der Waals surface area contributed by atoms with Crippen molar-refractivity contribution in [2.75, 3.05) is 5.32 Å². The quantitative estimate of drug-likeness (QED) is 0.855. The number of carboxylic acids is 1. The number of anilines is 1. The maximum atomic E-state index is 11.5. The minimum Gasteiger partial charge on any atom is -0.481 e. The van der Waals surface area contributed by atoms with Crippen molar-refractivity contribution in [1.29, 1.82) is 0 Å². The molecule has 1 aromatic rings. The highest BCUT2D eigenvalue weighted by Gasteiger charge is 2.16. The van der Waals surface area contributed by atoms with E-state index in [1.807, 2.05) is 12.1 Å². The molecular formula is C15H19NO3. The summed E-state index contributed by atoms with van der Waals surface area (Å²) < 4.78 is 0. The van der Waals surface area contributed by atoms with Gasteiger partial charge in [0, 0.05) is 12.1 Å². The molecule has 2 N–H and O–H groups in total. The second-order valence-electron chi connectivity index (χ2n) is 5.05. The van der Waals surface area contributed by atoms with E-state index in [-0.39, 0.29) is 18.7 Å². The maximum Gasteiger partial charge on any atom is 0.303 e. The molecule has 1 amide bonds. The lowest BCUT2D eigenvalue weighted by Crippen LogP contribution is -2.13. The predicted molar refractivity (Wildman–Crippen MR) is 73.2 cm³/mol. The number of nitrogens with one attached hydrogen (secondary N) is 1. The molecular weight excluding hydrogens is 242 g/mol. The van der Waals surface area contributed by atoms with Crippen molar-refractivity contribution in [3.63, 3.8) is 0 Å². The standard InChI is InChI=1S/C15H19NO3/c17-14(9-10-15(18)19)16-13-7-5-12(6-8-13)11-3-1-2-4-11/h5-8,11H,1-4,9-10H2,(H,16,17)(H,18,19). The summed E-state index contributed by atoms with van der Waals surface area (Å²) in [6.45, 7) is 0. The summed E-state index contributed by atoms with van der Waals surface area (Å²) in [7, 11) is 0. The smallest absolute Gasteiger partial charge is 0.303 e. The van der Waals surface area contributed by atoms with Crippen LogP contribution in [0.5, 0.6) is 0 Å². The van der Waals surface area contributed by atoms with E-state index >= 15 is 0 Å². The Morgan fingerprint density at radius 2 is 1.74 bits per heavy atom. The van der Waals surface area contributed by atoms with Crippen LogP contribution in [0.15, 0.2) is 24.3 Å². The third-order valence-corrected chi connectivity index (χ3v) is 3.59. The number of hydrogen-bond acceptors (Lipinski definition) is 2. The number of rotatable bonds is 5. The second kappa shape index (κ2) is 6.36. The zero-order valence-electron chi connectivity index (χ0n) is 10.9. The van der Waals surface area contributed by atoms with Crippen molar-refractivity contribution in [1.82, 2.24) is 0 Å². The van der Waals surface area contributed by atoms with Gasteiger partial charge in [-0.3, -0.25) is 9.59 Å². The normalized spacial score (nSPS) is 15.4. The summed E-state index contributed by atoms with van der Waals surface area (Å²) >= 11 is 0. The highest BCUT2D eigenvalue weighted by molar-refractivity contribution is 5.92. The van der Waals surface area contributed by atoms with Gasteiger partial charge in [-0.1, -0.05) is 25.0 Å². The average Bonchev–Trinajstić information content (AvgIpc) is 2.91. The Kier molecular flexibility index (Phi) is 4.55.